The number of unbranched alkanes of at least 4 members (excludes halogenated alkanes) is 8. The van der Waals surface area contributed by atoms with E-state index in [4.69, 9.17) is 4.74 Å². The van der Waals surface area contributed by atoms with Crippen LogP contribution in [0, 0.1) is 23.7 Å². The Labute approximate surface area is 238 Å². The van der Waals surface area contributed by atoms with Gasteiger partial charge in [-0.3, -0.25) is 0 Å². The van der Waals surface area contributed by atoms with E-state index in [0.29, 0.717) is 0 Å². The lowest BCUT2D eigenvalue weighted by Crippen LogP contribution is -2.15. The second-order valence-electron chi connectivity index (χ2n) is 13.4. The summed E-state index contributed by atoms with van der Waals surface area (Å²) in [5.41, 5.74) is 1.50. The fourth-order valence-corrected chi connectivity index (χ4v) is 7.38. The quantitative estimate of drug-likeness (QED) is 0.154. The summed E-state index contributed by atoms with van der Waals surface area (Å²) < 4.78 is 6.12. The molecular weight excluding hydrogens is 460 g/mol. The molecule has 0 aromatic heterocycles. The van der Waals surface area contributed by atoms with E-state index in [-0.39, 0.29) is 0 Å². The molecule has 3 rings (SSSR count). The van der Waals surface area contributed by atoms with Crippen molar-refractivity contribution in [3.05, 3.63) is 29.8 Å². The van der Waals surface area contributed by atoms with E-state index in [1.165, 1.54) is 160 Å². The highest BCUT2D eigenvalue weighted by Gasteiger charge is 2.21. The van der Waals surface area contributed by atoms with E-state index >= 15 is 0 Å². The zero-order chi connectivity index (χ0) is 26.7. The van der Waals surface area contributed by atoms with E-state index in [9.17, 15) is 0 Å². The fourth-order valence-electron chi connectivity index (χ4n) is 7.38. The molecule has 0 N–H and O–H groups in total. The number of ether oxygens (including phenoxy) is 1. The summed E-state index contributed by atoms with van der Waals surface area (Å²) in [6.07, 6.45) is 34.4. The van der Waals surface area contributed by atoms with Gasteiger partial charge in [-0.25, -0.2) is 0 Å². The minimum absolute atomic E-state index is 0.887. The lowest BCUT2D eigenvalue weighted by molar-refractivity contribution is 0.228. The predicted octanol–water partition coefficient (Wildman–Crippen LogP) is 12.1. The Kier molecular flexibility index (Phi) is 16.6. The predicted molar refractivity (Wildman–Crippen MR) is 167 cm³/mol. The van der Waals surface area contributed by atoms with E-state index in [2.05, 4.69) is 38.1 Å². The molecule has 2 aliphatic rings. The number of rotatable bonds is 20. The van der Waals surface area contributed by atoms with E-state index < -0.39 is 0 Å². The zero-order valence-electron chi connectivity index (χ0n) is 25.7. The second-order valence-corrected chi connectivity index (χ2v) is 13.4. The van der Waals surface area contributed by atoms with Crippen molar-refractivity contribution in [1.82, 2.24) is 0 Å². The van der Waals surface area contributed by atoms with Gasteiger partial charge in [-0.1, -0.05) is 154 Å². The van der Waals surface area contributed by atoms with Crippen LogP contribution in [0.3, 0.4) is 0 Å². The Morgan fingerprint density at radius 3 is 1.39 bits per heavy atom. The number of hydrogen-bond donors (Lipinski definition) is 0. The normalized spacial score (nSPS) is 23.9. The summed E-state index contributed by atoms with van der Waals surface area (Å²) in [6.45, 7) is 5.51. The van der Waals surface area contributed by atoms with Gasteiger partial charge in [0, 0.05) is 0 Å². The minimum Gasteiger partial charge on any atom is -0.494 e. The monoisotopic (exact) mass is 524 g/mol. The van der Waals surface area contributed by atoms with Crippen LogP contribution in [0.1, 0.15) is 167 Å². The zero-order valence-corrected chi connectivity index (χ0v) is 25.7. The van der Waals surface area contributed by atoms with Crippen molar-refractivity contribution in [3.63, 3.8) is 0 Å². The number of benzene rings is 1. The van der Waals surface area contributed by atoms with Gasteiger partial charge < -0.3 is 4.74 Å². The Morgan fingerprint density at radius 1 is 0.500 bits per heavy atom. The summed E-state index contributed by atoms with van der Waals surface area (Å²) >= 11 is 0. The van der Waals surface area contributed by atoms with E-state index in [1.54, 1.807) is 0 Å². The Bertz CT molecular complexity index is 662. The van der Waals surface area contributed by atoms with Crippen LogP contribution in [0.4, 0.5) is 0 Å². The molecule has 1 heteroatoms. The highest BCUT2D eigenvalue weighted by Crippen LogP contribution is 2.35. The van der Waals surface area contributed by atoms with Gasteiger partial charge in [0.05, 0.1) is 6.61 Å². The van der Waals surface area contributed by atoms with Crippen LogP contribution in [0.15, 0.2) is 24.3 Å². The number of aryl methyl sites for hydroxylation is 1. The van der Waals surface area contributed by atoms with Gasteiger partial charge >= 0.3 is 0 Å². The van der Waals surface area contributed by atoms with Crippen molar-refractivity contribution >= 4 is 0 Å². The topological polar surface area (TPSA) is 9.23 Å². The standard InChI is InChI=1S/C37H64O/c1-3-5-7-9-11-14-32-17-19-34(20-18-32)16-13-31-38-37-29-27-36(28-30-37)26-25-35-23-21-33(22-24-35)15-12-10-8-6-4-2/h27-30,32-35H,3-26,31H2,1-2H3. The molecule has 0 saturated heterocycles. The van der Waals surface area contributed by atoms with Crippen molar-refractivity contribution in [3.8, 4) is 5.75 Å². The van der Waals surface area contributed by atoms with Crippen molar-refractivity contribution in [2.24, 2.45) is 23.7 Å². The van der Waals surface area contributed by atoms with Crippen LogP contribution in [-0.2, 0) is 6.42 Å². The van der Waals surface area contributed by atoms with Crippen molar-refractivity contribution < 1.29 is 4.74 Å². The smallest absolute Gasteiger partial charge is 0.119 e. The maximum Gasteiger partial charge on any atom is 0.119 e. The van der Waals surface area contributed by atoms with Crippen molar-refractivity contribution in [2.45, 2.75) is 168 Å². The molecule has 218 valence electrons. The third kappa shape index (κ3) is 13.4. The number of hydrogen-bond acceptors (Lipinski definition) is 1. The van der Waals surface area contributed by atoms with Gasteiger partial charge in [0.25, 0.3) is 0 Å². The van der Waals surface area contributed by atoms with Gasteiger partial charge in [-0.15, -0.1) is 0 Å². The molecule has 1 nitrogen and oxygen atoms in total. The van der Waals surface area contributed by atoms with Crippen molar-refractivity contribution in [2.75, 3.05) is 6.61 Å². The first kappa shape index (κ1) is 31.5. The summed E-state index contributed by atoms with van der Waals surface area (Å²) in [4.78, 5) is 0. The third-order valence-corrected chi connectivity index (χ3v) is 10.2. The average molecular weight is 525 g/mol. The van der Waals surface area contributed by atoms with Crippen LogP contribution in [0.2, 0.25) is 0 Å². The first-order valence-electron chi connectivity index (χ1n) is 17.5. The lowest BCUT2D eigenvalue weighted by Gasteiger charge is -2.28. The third-order valence-electron chi connectivity index (χ3n) is 10.2. The van der Waals surface area contributed by atoms with Gasteiger partial charge in [-0.05, 0) is 67.1 Å². The lowest BCUT2D eigenvalue weighted by atomic mass is 9.78. The molecule has 2 aliphatic carbocycles. The Hall–Kier alpha value is -0.980. The maximum absolute atomic E-state index is 6.12. The molecule has 0 bridgehead atoms. The summed E-state index contributed by atoms with van der Waals surface area (Å²) in [5, 5.41) is 0. The molecule has 0 radical (unpaired) electrons. The first-order valence-corrected chi connectivity index (χ1v) is 17.5. The van der Waals surface area contributed by atoms with Gasteiger partial charge in [0.2, 0.25) is 0 Å². The highest BCUT2D eigenvalue weighted by molar-refractivity contribution is 5.27. The van der Waals surface area contributed by atoms with Crippen LogP contribution in [0.5, 0.6) is 5.75 Å². The molecule has 2 fully saturated rings. The molecule has 0 amide bonds. The Morgan fingerprint density at radius 2 is 0.921 bits per heavy atom. The SMILES string of the molecule is CCCCCCCC1CCC(CCCOc2ccc(CCC3CCC(CCCCCCC)CC3)cc2)CC1. The van der Waals surface area contributed by atoms with Gasteiger partial charge in [0.1, 0.15) is 5.75 Å². The average Bonchev–Trinajstić information content (AvgIpc) is 2.96. The molecule has 2 saturated carbocycles. The molecule has 0 spiro atoms. The molecule has 0 unspecified atom stereocenters. The van der Waals surface area contributed by atoms with E-state index in [0.717, 1.165) is 36.0 Å². The largest absolute Gasteiger partial charge is 0.494 e. The van der Waals surface area contributed by atoms with Gasteiger partial charge in [-0.2, -0.15) is 0 Å². The Balaban J connectivity index is 1.18. The molecular formula is C37H64O. The molecule has 1 aromatic carbocycles. The van der Waals surface area contributed by atoms with Crippen LogP contribution in [-0.4, -0.2) is 6.61 Å². The molecule has 0 atom stereocenters. The molecule has 1 aromatic rings. The van der Waals surface area contributed by atoms with Crippen molar-refractivity contribution in [1.29, 1.82) is 0 Å². The van der Waals surface area contributed by atoms with Gasteiger partial charge in [0.15, 0.2) is 0 Å². The summed E-state index contributed by atoms with van der Waals surface area (Å²) in [6, 6.07) is 9.08. The maximum atomic E-state index is 6.12. The first-order chi connectivity index (χ1) is 18.8. The highest BCUT2D eigenvalue weighted by atomic mass is 16.5. The molecule has 0 heterocycles. The summed E-state index contributed by atoms with van der Waals surface area (Å²) in [5.74, 6) is 5.05. The minimum atomic E-state index is 0.887. The summed E-state index contributed by atoms with van der Waals surface area (Å²) in [7, 11) is 0. The van der Waals surface area contributed by atoms with Crippen LogP contribution >= 0.6 is 0 Å². The fraction of sp³-hybridized carbons (Fsp3) is 0.838. The molecule has 0 aliphatic heterocycles. The van der Waals surface area contributed by atoms with Crippen LogP contribution < -0.4 is 4.74 Å². The second kappa shape index (κ2) is 20.0. The van der Waals surface area contributed by atoms with Crippen LogP contribution in [0.25, 0.3) is 0 Å². The molecule has 38 heavy (non-hydrogen) atoms. The van der Waals surface area contributed by atoms with E-state index in [1.807, 2.05) is 0 Å².